The van der Waals surface area contributed by atoms with Crippen LogP contribution in [0.5, 0.6) is 0 Å². The molecule has 2 atom stereocenters. The third-order valence-corrected chi connectivity index (χ3v) is 3.05. The summed E-state index contributed by atoms with van der Waals surface area (Å²) in [5.74, 6) is -0.278. The summed E-state index contributed by atoms with van der Waals surface area (Å²) in [6, 6.07) is 9.21. The van der Waals surface area contributed by atoms with Crippen molar-refractivity contribution in [2.24, 2.45) is 11.8 Å². The highest BCUT2D eigenvalue weighted by molar-refractivity contribution is 5.99. The van der Waals surface area contributed by atoms with Crippen molar-refractivity contribution in [1.82, 2.24) is 0 Å². The van der Waals surface area contributed by atoms with Crippen LogP contribution in [0.4, 0.5) is 0 Å². The van der Waals surface area contributed by atoms with Crippen LogP contribution in [0.25, 0.3) is 0 Å². The molecule has 3 heteroatoms. The number of Topliss-reactive ketones (excluding diaryl/α,β-unsaturated/α-hetero) is 1. The minimum atomic E-state index is -0.780. The van der Waals surface area contributed by atoms with E-state index in [0.717, 1.165) is 12.0 Å². The summed E-state index contributed by atoms with van der Waals surface area (Å²) >= 11 is 0. The molecule has 0 saturated heterocycles. The summed E-state index contributed by atoms with van der Waals surface area (Å²) in [6.07, 6.45) is 1.64. The first kappa shape index (κ1) is 10.9. The number of hydrogen-bond donors (Lipinski definition) is 1. The van der Waals surface area contributed by atoms with Crippen LogP contribution < -0.4 is 0 Å². The van der Waals surface area contributed by atoms with Gasteiger partial charge in [-0.25, -0.2) is 0 Å². The molecule has 0 unspecified atom stereocenters. The molecule has 0 radical (unpaired) electrons. The summed E-state index contributed by atoms with van der Waals surface area (Å²) in [5, 5.41) is 8.55. The molecule has 2 rings (SSSR count). The van der Waals surface area contributed by atoms with Crippen LogP contribution >= 0.6 is 0 Å². The fraction of sp³-hybridized carbons (Fsp3) is 0.385. The maximum atomic E-state index is 11.9. The number of rotatable bonds is 5. The maximum Gasteiger partial charge on any atom is 0.303 e. The topological polar surface area (TPSA) is 54.4 Å². The highest BCUT2D eigenvalue weighted by Crippen LogP contribution is 2.44. The van der Waals surface area contributed by atoms with E-state index in [-0.39, 0.29) is 24.0 Å². The Morgan fingerprint density at radius 1 is 1.25 bits per heavy atom. The summed E-state index contributed by atoms with van der Waals surface area (Å²) in [5.41, 5.74) is 0.741. The Hall–Kier alpha value is -1.64. The normalized spacial score (nSPS) is 22.8. The lowest BCUT2D eigenvalue weighted by atomic mass is 10.0. The predicted molar refractivity (Wildman–Crippen MR) is 59.2 cm³/mol. The van der Waals surface area contributed by atoms with Crippen LogP contribution in [-0.4, -0.2) is 16.9 Å². The third-order valence-electron chi connectivity index (χ3n) is 3.05. The van der Waals surface area contributed by atoms with E-state index in [1.807, 2.05) is 30.3 Å². The first-order chi connectivity index (χ1) is 7.68. The monoisotopic (exact) mass is 218 g/mol. The summed E-state index contributed by atoms with van der Waals surface area (Å²) in [4.78, 5) is 22.3. The van der Waals surface area contributed by atoms with E-state index < -0.39 is 5.97 Å². The average molecular weight is 218 g/mol. The molecular weight excluding hydrogens is 204 g/mol. The standard InChI is InChI=1S/C13H14O3/c14-12(15)7-6-10-8-11(10)13(16)9-4-2-1-3-5-9/h1-5,10-11H,6-8H2,(H,14,15)/t10-,11+/m1/s1. The molecule has 0 aliphatic heterocycles. The minimum absolute atomic E-state index is 0.0572. The van der Waals surface area contributed by atoms with Gasteiger partial charge in [-0.15, -0.1) is 0 Å². The van der Waals surface area contributed by atoms with Crippen molar-refractivity contribution in [2.45, 2.75) is 19.3 Å². The van der Waals surface area contributed by atoms with E-state index in [9.17, 15) is 9.59 Å². The number of aliphatic carboxylic acids is 1. The van der Waals surface area contributed by atoms with Crippen molar-refractivity contribution in [3.63, 3.8) is 0 Å². The zero-order chi connectivity index (χ0) is 11.5. The van der Waals surface area contributed by atoms with E-state index in [0.29, 0.717) is 6.42 Å². The quantitative estimate of drug-likeness (QED) is 0.772. The summed E-state index contributed by atoms with van der Waals surface area (Å²) < 4.78 is 0. The van der Waals surface area contributed by atoms with Gasteiger partial charge < -0.3 is 5.11 Å². The van der Waals surface area contributed by atoms with Crippen molar-refractivity contribution < 1.29 is 14.7 Å². The molecule has 1 saturated carbocycles. The van der Waals surface area contributed by atoms with Gasteiger partial charge in [0, 0.05) is 17.9 Å². The summed E-state index contributed by atoms with van der Waals surface area (Å²) in [7, 11) is 0. The zero-order valence-electron chi connectivity index (χ0n) is 8.93. The van der Waals surface area contributed by atoms with Crippen molar-refractivity contribution in [2.75, 3.05) is 0 Å². The summed E-state index contributed by atoms with van der Waals surface area (Å²) in [6.45, 7) is 0. The Labute approximate surface area is 94.1 Å². The van der Waals surface area contributed by atoms with E-state index in [1.54, 1.807) is 0 Å². The number of carbonyl (C=O) groups is 2. The lowest BCUT2D eigenvalue weighted by molar-refractivity contribution is -0.137. The lowest BCUT2D eigenvalue weighted by Gasteiger charge is -1.99. The number of hydrogen-bond acceptors (Lipinski definition) is 2. The van der Waals surface area contributed by atoms with Gasteiger partial charge in [-0.1, -0.05) is 30.3 Å². The van der Waals surface area contributed by atoms with Gasteiger partial charge in [-0.05, 0) is 18.8 Å². The van der Waals surface area contributed by atoms with Gasteiger partial charge in [-0.3, -0.25) is 9.59 Å². The first-order valence-electron chi connectivity index (χ1n) is 5.49. The second-order valence-electron chi connectivity index (χ2n) is 4.26. The Kier molecular flexibility index (Phi) is 3.04. The Morgan fingerprint density at radius 3 is 2.56 bits per heavy atom. The van der Waals surface area contributed by atoms with Crippen LogP contribution in [0.15, 0.2) is 30.3 Å². The minimum Gasteiger partial charge on any atom is -0.481 e. The fourth-order valence-electron chi connectivity index (χ4n) is 2.01. The van der Waals surface area contributed by atoms with Crippen LogP contribution in [-0.2, 0) is 4.79 Å². The van der Waals surface area contributed by atoms with Gasteiger partial charge in [-0.2, -0.15) is 0 Å². The maximum absolute atomic E-state index is 11.9. The van der Waals surface area contributed by atoms with Crippen LogP contribution in [0.2, 0.25) is 0 Å². The van der Waals surface area contributed by atoms with Crippen molar-refractivity contribution in [3.8, 4) is 0 Å². The Morgan fingerprint density at radius 2 is 1.94 bits per heavy atom. The molecule has 84 valence electrons. The molecule has 0 aromatic heterocycles. The predicted octanol–water partition coefficient (Wildman–Crippen LogP) is 2.37. The molecular formula is C13H14O3. The van der Waals surface area contributed by atoms with Gasteiger partial charge in [0.2, 0.25) is 0 Å². The SMILES string of the molecule is O=C(O)CC[C@@H]1C[C@@H]1C(=O)c1ccccc1. The third kappa shape index (κ3) is 2.48. The molecule has 1 aromatic rings. The van der Waals surface area contributed by atoms with Crippen LogP contribution in [0.3, 0.4) is 0 Å². The number of carboxylic acids is 1. The van der Waals surface area contributed by atoms with Gasteiger partial charge >= 0.3 is 5.97 Å². The molecule has 16 heavy (non-hydrogen) atoms. The second-order valence-corrected chi connectivity index (χ2v) is 4.26. The van der Waals surface area contributed by atoms with E-state index in [4.69, 9.17) is 5.11 Å². The van der Waals surface area contributed by atoms with Gasteiger partial charge in [0.05, 0.1) is 0 Å². The van der Waals surface area contributed by atoms with Gasteiger partial charge in [0.15, 0.2) is 5.78 Å². The highest BCUT2D eigenvalue weighted by Gasteiger charge is 2.42. The van der Waals surface area contributed by atoms with Crippen LogP contribution in [0, 0.1) is 11.8 Å². The van der Waals surface area contributed by atoms with Crippen molar-refractivity contribution in [1.29, 1.82) is 0 Å². The second kappa shape index (κ2) is 4.47. The molecule has 1 N–H and O–H groups in total. The zero-order valence-corrected chi connectivity index (χ0v) is 8.93. The smallest absolute Gasteiger partial charge is 0.303 e. The molecule has 1 fully saturated rings. The Bertz CT molecular complexity index is 397. The fourth-order valence-corrected chi connectivity index (χ4v) is 2.01. The molecule has 1 aromatic carbocycles. The van der Waals surface area contributed by atoms with Gasteiger partial charge in [0.1, 0.15) is 0 Å². The number of carboxylic acid groups (broad SMARTS) is 1. The largest absolute Gasteiger partial charge is 0.481 e. The number of benzene rings is 1. The number of carbonyl (C=O) groups excluding carboxylic acids is 1. The first-order valence-corrected chi connectivity index (χ1v) is 5.49. The molecule has 1 aliphatic rings. The molecule has 0 spiro atoms. The molecule has 0 bridgehead atoms. The van der Waals surface area contributed by atoms with Crippen molar-refractivity contribution >= 4 is 11.8 Å². The molecule has 0 heterocycles. The lowest BCUT2D eigenvalue weighted by Crippen LogP contribution is -2.04. The number of ketones is 1. The molecule has 3 nitrogen and oxygen atoms in total. The highest BCUT2D eigenvalue weighted by atomic mass is 16.4. The van der Waals surface area contributed by atoms with Crippen molar-refractivity contribution in [3.05, 3.63) is 35.9 Å². The van der Waals surface area contributed by atoms with E-state index in [1.165, 1.54) is 0 Å². The van der Waals surface area contributed by atoms with E-state index in [2.05, 4.69) is 0 Å². The Balaban J connectivity index is 1.88. The van der Waals surface area contributed by atoms with Crippen LogP contribution in [0.1, 0.15) is 29.6 Å². The molecule has 0 amide bonds. The van der Waals surface area contributed by atoms with E-state index >= 15 is 0 Å². The average Bonchev–Trinajstić information content (AvgIpc) is 3.06. The molecule has 1 aliphatic carbocycles. The van der Waals surface area contributed by atoms with Gasteiger partial charge in [0.25, 0.3) is 0 Å².